The number of thiazole rings is 1. The lowest BCUT2D eigenvalue weighted by Gasteiger charge is -2.27. The fourth-order valence-electron chi connectivity index (χ4n) is 1.76. The first-order chi connectivity index (χ1) is 8.79. The van der Waals surface area contributed by atoms with E-state index in [9.17, 15) is 0 Å². The largest absolute Gasteiger partial charge is 0.376 e. The van der Waals surface area contributed by atoms with Gasteiger partial charge in [-0.15, -0.1) is 11.3 Å². The van der Waals surface area contributed by atoms with Gasteiger partial charge in [0.25, 0.3) is 0 Å². The molecule has 0 aliphatic rings. The number of nitrogens with zero attached hydrogens (tertiary/aromatic N) is 1. The standard InChI is InChI=1S/C15H28N2OS/c1-11(2)13(9-17-15(4,5)6)18-8-7-14-12(3)16-10-19-14/h10-11,13,17H,7-9H2,1-6H3. The van der Waals surface area contributed by atoms with Crippen molar-refractivity contribution in [1.82, 2.24) is 10.3 Å². The molecule has 3 nitrogen and oxygen atoms in total. The molecule has 0 bridgehead atoms. The summed E-state index contributed by atoms with van der Waals surface area (Å²) in [7, 11) is 0. The van der Waals surface area contributed by atoms with Gasteiger partial charge >= 0.3 is 0 Å². The Morgan fingerprint density at radius 2 is 2.05 bits per heavy atom. The number of ether oxygens (including phenoxy) is 1. The predicted molar refractivity (Wildman–Crippen MR) is 82.9 cm³/mol. The van der Waals surface area contributed by atoms with E-state index in [0.29, 0.717) is 5.92 Å². The van der Waals surface area contributed by atoms with Gasteiger partial charge in [-0.25, -0.2) is 4.98 Å². The van der Waals surface area contributed by atoms with E-state index in [1.807, 2.05) is 5.51 Å². The normalized spacial score (nSPS) is 14.1. The van der Waals surface area contributed by atoms with Gasteiger partial charge in [-0.3, -0.25) is 0 Å². The van der Waals surface area contributed by atoms with Gasteiger partial charge in [0.1, 0.15) is 0 Å². The minimum Gasteiger partial charge on any atom is -0.376 e. The summed E-state index contributed by atoms with van der Waals surface area (Å²) in [5.41, 5.74) is 3.19. The maximum absolute atomic E-state index is 6.04. The zero-order valence-electron chi connectivity index (χ0n) is 13.1. The molecule has 4 heteroatoms. The quantitative estimate of drug-likeness (QED) is 0.833. The van der Waals surface area contributed by atoms with Gasteiger partial charge in [0.05, 0.1) is 23.9 Å². The van der Waals surface area contributed by atoms with Gasteiger partial charge in [0.15, 0.2) is 0 Å². The number of aryl methyl sites for hydroxylation is 1. The van der Waals surface area contributed by atoms with Crippen molar-refractivity contribution in [2.75, 3.05) is 13.2 Å². The highest BCUT2D eigenvalue weighted by Gasteiger charge is 2.17. The smallest absolute Gasteiger partial charge is 0.0797 e. The van der Waals surface area contributed by atoms with Crippen LogP contribution in [0.4, 0.5) is 0 Å². The number of rotatable bonds is 7. The molecule has 1 aromatic heterocycles. The van der Waals surface area contributed by atoms with Crippen LogP contribution in [-0.4, -0.2) is 29.8 Å². The van der Waals surface area contributed by atoms with Gasteiger partial charge < -0.3 is 10.1 Å². The van der Waals surface area contributed by atoms with E-state index in [4.69, 9.17) is 4.74 Å². The second kappa shape index (κ2) is 7.36. The highest BCUT2D eigenvalue weighted by molar-refractivity contribution is 7.09. The van der Waals surface area contributed by atoms with Crippen molar-refractivity contribution in [2.45, 2.75) is 59.6 Å². The van der Waals surface area contributed by atoms with E-state index < -0.39 is 0 Å². The van der Waals surface area contributed by atoms with Crippen molar-refractivity contribution in [2.24, 2.45) is 5.92 Å². The molecule has 0 aliphatic heterocycles. The molecular formula is C15H28N2OS. The predicted octanol–water partition coefficient (Wildman–Crippen LogP) is 3.42. The molecule has 0 saturated carbocycles. The van der Waals surface area contributed by atoms with Crippen molar-refractivity contribution in [3.05, 3.63) is 16.1 Å². The van der Waals surface area contributed by atoms with Crippen molar-refractivity contribution in [1.29, 1.82) is 0 Å². The van der Waals surface area contributed by atoms with Crippen LogP contribution in [0.2, 0.25) is 0 Å². The maximum atomic E-state index is 6.04. The third kappa shape index (κ3) is 6.50. The maximum Gasteiger partial charge on any atom is 0.0797 e. The number of nitrogens with one attached hydrogen (secondary N) is 1. The number of aromatic nitrogens is 1. The summed E-state index contributed by atoms with van der Waals surface area (Å²) in [6, 6.07) is 0. The van der Waals surface area contributed by atoms with Crippen molar-refractivity contribution >= 4 is 11.3 Å². The minimum atomic E-state index is 0.144. The van der Waals surface area contributed by atoms with E-state index in [-0.39, 0.29) is 11.6 Å². The lowest BCUT2D eigenvalue weighted by molar-refractivity contribution is 0.0211. The highest BCUT2D eigenvalue weighted by Crippen LogP contribution is 2.14. The molecule has 1 atom stereocenters. The molecule has 0 amide bonds. The fraction of sp³-hybridized carbons (Fsp3) is 0.800. The Bertz CT molecular complexity index is 368. The van der Waals surface area contributed by atoms with Crippen LogP contribution in [0.3, 0.4) is 0 Å². The van der Waals surface area contributed by atoms with Crippen LogP contribution in [-0.2, 0) is 11.2 Å². The average molecular weight is 284 g/mol. The molecular weight excluding hydrogens is 256 g/mol. The summed E-state index contributed by atoms with van der Waals surface area (Å²) in [6.07, 6.45) is 1.24. The molecule has 0 saturated heterocycles. The van der Waals surface area contributed by atoms with E-state index in [0.717, 1.165) is 25.3 Å². The van der Waals surface area contributed by atoms with E-state index in [2.05, 4.69) is 51.8 Å². The first-order valence-electron chi connectivity index (χ1n) is 7.05. The van der Waals surface area contributed by atoms with Crippen LogP contribution in [0.1, 0.15) is 45.2 Å². The molecule has 1 rings (SSSR count). The van der Waals surface area contributed by atoms with Crippen LogP contribution in [0.15, 0.2) is 5.51 Å². The number of hydrogen-bond acceptors (Lipinski definition) is 4. The SMILES string of the molecule is Cc1ncsc1CCOC(CNC(C)(C)C)C(C)C. The Kier molecular flexibility index (Phi) is 6.43. The second-order valence-corrected chi connectivity index (χ2v) is 7.33. The summed E-state index contributed by atoms with van der Waals surface area (Å²) in [5, 5.41) is 3.52. The molecule has 1 unspecified atom stereocenters. The topological polar surface area (TPSA) is 34.1 Å². The first kappa shape index (κ1) is 16.6. The summed E-state index contributed by atoms with van der Waals surface area (Å²) < 4.78 is 6.04. The molecule has 1 heterocycles. The Morgan fingerprint density at radius 1 is 1.37 bits per heavy atom. The summed E-state index contributed by atoms with van der Waals surface area (Å²) in [6.45, 7) is 14.7. The molecule has 19 heavy (non-hydrogen) atoms. The van der Waals surface area contributed by atoms with Gasteiger partial charge in [-0.2, -0.15) is 0 Å². The summed E-state index contributed by atoms with van der Waals surface area (Å²) >= 11 is 1.72. The number of hydrogen-bond donors (Lipinski definition) is 1. The Hall–Kier alpha value is -0.450. The van der Waals surface area contributed by atoms with Crippen molar-refractivity contribution in [3.63, 3.8) is 0 Å². The Balaban J connectivity index is 2.36. The fourth-order valence-corrected chi connectivity index (χ4v) is 2.53. The molecule has 0 aliphatic carbocycles. The van der Waals surface area contributed by atoms with Crippen LogP contribution >= 0.6 is 11.3 Å². The highest BCUT2D eigenvalue weighted by atomic mass is 32.1. The zero-order chi connectivity index (χ0) is 14.5. The first-order valence-corrected chi connectivity index (χ1v) is 7.93. The Labute approximate surface area is 121 Å². The van der Waals surface area contributed by atoms with Crippen LogP contribution in [0, 0.1) is 12.8 Å². The lowest BCUT2D eigenvalue weighted by Crippen LogP contribution is -2.43. The molecule has 1 N–H and O–H groups in total. The van der Waals surface area contributed by atoms with E-state index in [1.54, 1.807) is 11.3 Å². The van der Waals surface area contributed by atoms with Crippen molar-refractivity contribution < 1.29 is 4.74 Å². The second-order valence-electron chi connectivity index (χ2n) is 6.40. The summed E-state index contributed by atoms with van der Waals surface area (Å²) in [4.78, 5) is 5.61. The van der Waals surface area contributed by atoms with Crippen molar-refractivity contribution in [3.8, 4) is 0 Å². The Morgan fingerprint density at radius 3 is 2.53 bits per heavy atom. The third-order valence-corrected chi connectivity index (χ3v) is 4.08. The molecule has 0 fully saturated rings. The van der Waals surface area contributed by atoms with Gasteiger partial charge in [0, 0.05) is 23.4 Å². The van der Waals surface area contributed by atoms with Gasteiger partial charge in [0.2, 0.25) is 0 Å². The summed E-state index contributed by atoms with van der Waals surface area (Å²) in [5.74, 6) is 0.525. The minimum absolute atomic E-state index is 0.144. The molecule has 0 spiro atoms. The lowest BCUT2D eigenvalue weighted by atomic mass is 10.0. The van der Waals surface area contributed by atoms with Crippen LogP contribution in [0.25, 0.3) is 0 Å². The van der Waals surface area contributed by atoms with Crippen LogP contribution < -0.4 is 5.32 Å². The van der Waals surface area contributed by atoms with Gasteiger partial charge in [-0.05, 0) is 33.6 Å². The zero-order valence-corrected chi connectivity index (χ0v) is 13.9. The van der Waals surface area contributed by atoms with E-state index >= 15 is 0 Å². The molecule has 0 aromatic carbocycles. The molecule has 1 aromatic rings. The molecule has 110 valence electrons. The molecule has 0 radical (unpaired) electrons. The monoisotopic (exact) mass is 284 g/mol. The van der Waals surface area contributed by atoms with Crippen LogP contribution in [0.5, 0.6) is 0 Å². The van der Waals surface area contributed by atoms with Gasteiger partial charge in [-0.1, -0.05) is 13.8 Å². The average Bonchev–Trinajstić information content (AvgIpc) is 2.67. The third-order valence-electron chi connectivity index (χ3n) is 3.08. The van der Waals surface area contributed by atoms with E-state index in [1.165, 1.54) is 4.88 Å².